The van der Waals surface area contributed by atoms with E-state index >= 15 is 0 Å². The molecule has 4 nitrogen and oxygen atoms in total. The van der Waals surface area contributed by atoms with E-state index in [2.05, 4.69) is 11.8 Å². The maximum Gasteiger partial charge on any atom is 0.265 e. The van der Waals surface area contributed by atoms with Crippen LogP contribution in [0.4, 0.5) is 13.2 Å². The number of amidine groups is 1. The Labute approximate surface area is 222 Å². The Morgan fingerprint density at radius 1 is 0.921 bits per heavy atom. The normalized spacial score (nSPS) is 21.2. The van der Waals surface area contributed by atoms with Gasteiger partial charge in [0.25, 0.3) is 5.91 Å². The fourth-order valence-corrected chi connectivity index (χ4v) is 6.06. The second kappa shape index (κ2) is 10.9. The number of piperidine rings is 1. The number of carbonyl (C=O) groups is 1. The predicted molar refractivity (Wildman–Crippen MR) is 143 cm³/mol. The Kier molecular flexibility index (Phi) is 7.57. The summed E-state index contributed by atoms with van der Waals surface area (Å²) in [5, 5.41) is 0. The van der Waals surface area contributed by atoms with Crippen LogP contribution in [0.25, 0.3) is 0 Å². The summed E-state index contributed by atoms with van der Waals surface area (Å²) in [4.78, 5) is 23.0. The van der Waals surface area contributed by atoms with Crippen LogP contribution >= 0.6 is 0 Å². The molecule has 0 unspecified atom stereocenters. The maximum atomic E-state index is 14.0. The number of aliphatic imine (C=N–C) groups is 1. The first-order chi connectivity index (χ1) is 18.3. The van der Waals surface area contributed by atoms with E-state index in [1.54, 1.807) is 35.2 Å². The first kappa shape index (κ1) is 26.4. The highest BCUT2D eigenvalue weighted by atomic mass is 19.1. The van der Waals surface area contributed by atoms with Crippen molar-refractivity contribution in [2.45, 2.75) is 57.5 Å². The summed E-state index contributed by atoms with van der Waals surface area (Å²) >= 11 is 0. The van der Waals surface area contributed by atoms with Gasteiger partial charge in [0.1, 0.15) is 23.3 Å². The third-order valence-corrected chi connectivity index (χ3v) is 8.38. The van der Waals surface area contributed by atoms with Crippen LogP contribution in [0.5, 0.6) is 0 Å². The van der Waals surface area contributed by atoms with Crippen LogP contribution in [-0.4, -0.2) is 47.2 Å². The molecule has 1 saturated heterocycles. The quantitative estimate of drug-likeness (QED) is 0.415. The number of hydrogen-bond donors (Lipinski definition) is 0. The average molecular weight is 522 g/mol. The van der Waals surface area contributed by atoms with Gasteiger partial charge >= 0.3 is 0 Å². The van der Waals surface area contributed by atoms with Gasteiger partial charge in [0, 0.05) is 19.0 Å². The molecule has 2 aromatic carbocycles. The smallest absolute Gasteiger partial charge is 0.265 e. The van der Waals surface area contributed by atoms with Crippen molar-refractivity contribution in [2.75, 3.05) is 19.6 Å². The van der Waals surface area contributed by atoms with E-state index in [1.807, 2.05) is 13.0 Å². The van der Waals surface area contributed by atoms with Crippen molar-refractivity contribution in [3.05, 3.63) is 94.8 Å². The van der Waals surface area contributed by atoms with Gasteiger partial charge in [-0.2, -0.15) is 0 Å². The van der Waals surface area contributed by atoms with Gasteiger partial charge < -0.3 is 4.90 Å². The minimum Gasteiger partial charge on any atom is -0.301 e. The van der Waals surface area contributed by atoms with Gasteiger partial charge in [0.2, 0.25) is 0 Å². The van der Waals surface area contributed by atoms with Gasteiger partial charge in [-0.05, 0) is 100 Å². The summed E-state index contributed by atoms with van der Waals surface area (Å²) in [6.45, 7) is 6.47. The largest absolute Gasteiger partial charge is 0.301 e. The van der Waals surface area contributed by atoms with Crippen molar-refractivity contribution >= 4 is 11.7 Å². The molecule has 1 atom stereocenters. The van der Waals surface area contributed by atoms with Gasteiger partial charge in [0.05, 0.1) is 0 Å². The highest BCUT2D eigenvalue weighted by molar-refractivity contribution is 6.09. The van der Waals surface area contributed by atoms with Gasteiger partial charge in [-0.25, -0.2) is 18.2 Å². The Bertz CT molecular complexity index is 1210. The molecule has 1 aliphatic carbocycles. The summed E-state index contributed by atoms with van der Waals surface area (Å²) in [6.07, 6.45) is 7.83. The molecule has 0 bridgehead atoms. The molecule has 1 fully saturated rings. The van der Waals surface area contributed by atoms with E-state index in [0.717, 1.165) is 38.8 Å². The lowest BCUT2D eigenvalue weighted by Crippen LogP contribution is -2.45. The van der Waals surface area contributed by atoms with E-state index in [1.165, 1.54) is 29.8 Å². The van der Waals surface area contributed by atoms with Crippen molar-refractivity contribution in [3.63, 3.8) is 0 Å². The van der Waals surface area contributed by atoms with Gasteiger partial charge in [0.15, 0.2) is 5.54 Å². The molecular weight excluding hydrogens is 487 g/mol. The summed E-state index contributed by atoms with van der Waals surface area (Å²) < 4.78 is 40.8. The molecule has 1 amide bonds. The number of benzene rings is 2. The van der Waals surface area contributed by atoms with E-state index in [4.69, 9.17) is 4.99 Å². The van der Waals surface area contributed by atoms with Crippen molar-refractivity contribution in [1.82, 2.24) is 9.80 Å². The predicted octanol–water partition coefficient (Wildman–Crippen LogP) is 6.53. The summed E-state index contributed by atoms with van der Waals surface area (Å²) in [5.41, 5.74) is 1.11. The number of nitrogens with zero attached hydrogens (tertiary/aromatic N) is 3. The van der Waals surface area contributed by atoms with Crippen molar-refractivity contribution in [3.8, 4) is 0 Å². The average Bonchev–Trinajstić information content (AvgIpc) is 3.18. The number of carbonyl (C=O) groups excluding carboxylic acids is 1. The molecule has 38 heavy (non-hydrogen) atoms. The second-order valence-corrected chi connectivity index (χ2v) is 10.6. The van der Waals surface area contributed by atoms with Gasteiger partial charge in [-0.1, -0.05) is 35.9 Å². The minimum atomic E-state index is -1.37. The third kappa shape index (κ3) is 5.08. The van der Waals surface area contributed by atoms with Gasteiger partial charge in [-0.3, -0.25) is 9.69 Å². The SMILES string of the molecule is CC1=NC(c2ccc(F)cc2)(c2ccc(F)cc2)C(=O)N1CC[C@@H](C)N1CCC(C2=CC=C(F)CC2)CC1. The first-order valence-electron chi connectivity index (χ1n) is 13.5. The molecule has 0 saturated carbocycles. The molecule has 200 valence electrons. The zero-order chi connectivity index (χ0) is 26.9. The molecule has 5 rings (SSSR count). The fraction of sp³-hybridized carbons (Fsp3) is 0.419. The van der Waals surface area contributed by atoms with E-state index in [-0.39, 0.29) is 17.8 Å². The standard InChI is InChI=1S/C31H34F3N3O/c1-21(36-18-16-24(17-19-36)23-3-9-27(32)10-4-23)15-20-37-22(2)35-31(30(37)38,25-5-11-28(33)12-6-25)26-7-13-29(34)14-8-26/h3,5-9,11-14,21,24H,4,10,15-20H2,1-2H3/t21-/m1/s1. The number of hydrogen-bond acceptors (Lipinski definition) is 3. The first-order valence-corrected chi connectivity index (χ1v) is 13.5. The van der Waals surface area contributed by atoms with Crippen molar-refractivity contribution < 1.29 is 18.0 Å². The Hall–Kier alpha value is -3.19. The number of halogens is 3. The summed E-state index contributed by atoms with van der Waals surface area (Å²) in [7, 11) is 0. The third-order valence-electron chi connectivity index (χ3n) is 8.38. The second-order valence-electron chi connectivity index (χ2n) is 10.6. The maximum absolute atomic E-state index is 14.0. The van der Waals surface area contributed by atoms with Crippen LogP contribution in [0.15, 0.2) is 77.1 Å². The molecule has 2 aliphatic heterocycles. The molecular formula is C31H34F3N3O. The lowest BCUT2D eigenvalue weighted by atomic mass is 9.82. The van der Waals surface area contributed by atoms with Crippen molar-refractivity contribution in [2.24, 2.45) is 10.9 Å². The number of allylic oxidation sites excluding steroid dienone is 4. The molecule has 7 heteroatoms. The van der Waals surface area contributed by atoms with Crippen LogP contribution in [-0.2, 0) is 10.3 Å². The van der Waals surface area contributed by atoms with Crippen LogP contribution < -0.4 is 0 Å². The van der Waals surface area contributed by atoms with E-state index < -0.39 is 17.2 Å². The number of rotatable bonds is 7. The van der Waals surface area contributed by atoms with E-state index in [0.29, 0.717) is 35.8 Å². The highest BCUT2D eigenvalue weighted by Crippen LogP contribution is 2.40. The lowest BCUT2D eigenvalue weighted by Gasteiger charge is -2.38. The van der Waals surface area contributed by atoms with Crippen LogP contribution in [0, 0.1) is 17.6 Å². The van der Waals surface area contributed by atoms with Gasteiger partial charge in [-0.15, -0.1) is 0 Å². The lowest BCUT2D eigenvalue weighted by molar-refractivity contribution is -0.130. The molecule has 2 aromatic rings. The topological polar surface area (TPSA) is 35.9 Å². The molecule has 3 aliphatic rings. The number of amides is 1. The van der Waals surface area contributed by atoms with Crippen LogP contribution in [0.2, 0.25) is 0 Å². The molecule has 0 radical (unpaired) electrons. The number of likely N-dealkylation sites (tertiary alicyclic amines) is 1. The Morgan fingerprint density at radius 3 is 2.03 bits per heavy atom. The minimum absolute atomic E-state index is 0.0297. The Morgan fingerprint density at radius 2 is 1.50 bits per heavy atom. The zero-order valence-corrected chi connectivity index (χ0v) is 22.0. The molecule has 0 aromatic heterocycles. The fourth-order valence-electron chi connectivity index (χ4n) is 6.06. The zero-order valence-electron chi connectivity index (χ0n) is 22.0. The molecule has 2 heterocycles. The Balaban J connectivity index is 1.27. The van der Waals surface area contributed by atoms with Crippen molar-refractivity contribution in [1.29, 1.82) is 0 Å². The summed E-state index contributed by atoms with van der Waals surface area (Å²) in [5.74, 6) is 0.0871. The monoisotopic (exact) mass is 521 g/mol. The van der Waals surface area contributed by atoms with Crippen LogP contribution in [0.3, 0.4) is 0 Å². The molecule has 0 spiro atoms. The summed E-state index contributed by atoms with van der Waals surface area (Å²) in [6, 6.07) is 11.9. The highest BCUT2D eigenvalue weighted by Gasteiger charge is 2.50. The van der Waals surface area contributed by atoms with E-state index in [9.17, 15) is 18.0 Å². The molecule has 0 N–H and O–H groups in total. The van der Waals surface area contributed by atoms with Crippen LogP contribution in [0.1, 0.15) is 57.1 Å².